The van der Waals surface area contributed by atoms with Gasteiger partial charge in [0.05, 0.1) is 11.9 Å². The van der Waals surface area contributed by atoms with Crippen molar-refractivity contribution in [2.75, 3.05) is 10.6 Å². The molecule has 3 aromatic heterocycles. The number of amides is 1. The molecule has 0 radical (unpaired) electrons. The van der Waals surface area contributed by atoms with E-state index < -0.39 is 6.09 Å². The molecule has 0 bridgehead atoms. The van der Waals surface area contributed by atoms with Crippen LogP contribution in [0.4, 0.5) is 21.9 Å². The Balaban J connectivity index is 1.79. The predicted molar refractivity (Wildman–Crippen MR) is 99.9 cm³/mol. The molecule has 3 rings (SSSR count). The number of anilines is 3. The van der Waals surface area contributed by atoms with Gasteiger partial charge in [0.2, 0.25) is 5.88 Å². The second-order valence-electron chi connectivity index (χ2n) is 5.82. The smallest absolute Gasteiger partial charge is 0.389 e. The summed E-state index contributed by atoms with van der Waals surface area (Å²) in [6.45, 7) is 5.64. The molecular formula is C19H19N5O2. The van der Waals surface area contributed by atoms with Gasteiger partial charge in [-0.3, -0.25) is 15.3 Å². The van der Waals surface area contributed by atoms with Gasteiger partial charge in [0, 0.05) is 29.5 Å². The van der Waals surface area contributed by atoms with E-state index in [0.717, 1.165) is 22.6 Å². The summed E-state index contributed by atoms with van der Waals surface area (Å²) < 4.78 is 5.42. The summed E-state index contributed by atoms with van der Waals surface area (Å²) in [5.74, 6) is 0.191. The molecule has 0 saturated heterocycles. The van der Waals surface area contributed by atoms with Gasteiger partial charge in [0.1, 0.15) is 5.69 Å². The van der Waals surface area contributed by atoms with Crippen LogP contribution in [0.2, 0.25) is 0 Å². The molecule has 1 amide bonds. The third kappa shape index (κ3) is 4.32. The number of carbonyl (C=O) groups excluding carboxylic acids is 1. The lowest BCUT2D eigenvalue weighted by Crippen LogP contribution is -2.18. The van der Waals surface area contributed by atoms with Crippen molar-refractivity contribution in [1.82, 2.24) is 15.0 Å². The van der Waals surface area contributed by atoms with Crippen molar-refractivity contribution in [3.63, 3.8) is 0 Å². The van der Waals surface area contributed by atoms with Gasteiger partial charge in [0.25, 0.3) is 0 Å². The van der Waals surface area contributed by atoms with Gasteiger partial charge in [-0.05, 0) is 56.7 Å². The summed E-state index contributed by atoms with van der Waals surface area (Å²) >= 11 is 0. The summed E-state index contributed by atoms with van der Waals surface area (Å²) in [7, 11) is 0. The van der Waals surface area contributed by atoms with Crippen LogP contribution in [0.3, 0.4) is 0 Å². The van der Waals surface area contributed by atoms with E-state index in [0.29, 0.717) is 11.4 Å². The average Bonchev–Trinajstić information content (AvgIpc) is 2.59. The van der Waals surface area contributed by atoms with E-state index in [9.17, 15) is 4.79 Å². The number of nitrogens with zero attached hydrogens (tertiary/aromatic N) is 3. The minimum absolute atomic E-state index is 0.191. The SMILES string of the molecule is Cc1cc(NC(=O)Oc2nc(C)ccc2Nc2cnccc2C)ccn1. The van der Waals surface area contributed by atoms with E-state index in [4.69, 9.17) is 4.74 Å². The van der Waals surface area contributed by atoms with E-state index in [1.54, 1.807) is 30.7 Å². The minimum Gasteiger partial charge on any atom is -0.389 e. The highest BCUT2D eigenvalue weighted by molar-refractivity contribution is 5.87. The monoisotopic (exact) mass is 349 g/mol. The van der Waals surface area contributed by atoms with Crippen molar-refractivity contribution in [3.05, 3.63) is 65.9 Å². The topological polar surface area (TPSA) is 89.0 Å². The summed E-state index contributed by atoms with van der Waals surface area (Å²) in [5, 5.41) is 5.88. The molecule has 2 N–H and O–H groups in total. The van der Waals surface area contributed by atoms with Crippen LogP contribution >= 0.6 is 0 Å². The van der Waals surface area contributed by atoms with Gasteiger partial charge < -0.3 is 10.1 Å². The van der Waals surface area contributed by atoms with Gasteiger partial charge in [-0.2, -0.15) is 0 Å². The molecule has 3 aromatic rings. The molecule has 0 atom stereocenters. The molecule has 26 heavy (non-hydrogen) atoms. The summed E-state index contributed by atoms with van der Waals surface area (Å²) in [6, 6.07) is 8.99. The van der Waals surface area contributed by atoms with Crippen LogP contribution in [0, 0.1) is 20.8 Å². The van der Waals surface area contributed by atoms with E-state index in [1.807, 2.05) is 39.0 Å². The third-order valence-electron chi connectivity index (χ3n) is 3.64. The number of ether oxygens (including phenoxy) is 1. The normalized spacial score (nSPS) is 10.3. The van der Waals surface area contributed by atoms with Gasteiger partial charge >= 0.3 is 6.09 Å². The van der Waals surface area contributed by atoms with Crippen LogP contribution in [0.5, 0.6) is 5.88 Å². The van der Waals surface area contributed by atoms with Gasteiger partial charge in [-0.25, -0.2) is 9.78 Å². The fourth-order valence-corrected chi connectivity index (χ4v) is 2.30. The van der Waals surface area contributed by atoms with Gasteiger partial charge in [0.15, 0.2) is 0 Å². The van der Waals surface area contributed by atoms with Crippen LogP contribution in [-0.4, -0.2) is 21.0 Å². The number of hydrogen-bond acceptors (Lipinski definition) is 6. The van der Waals surface area contributed by atoms with E-state index in [1.165, 1.54) is 0 Å². The lowest BCUT2D eigenvalue weighted by molar-refractivity contribution is 0.213. The van der Waals surface area contributed by atoms with Crippen LogP contribution < -0.4 is 15.4 Å². The first kappa shape index (κ1) is 17.3. The fraction of sp³-hybridized carbons (Fsp3) is 0.158. The number of hydrogen-bond donors (Lipinski definition) is 2. The molecule has 0 aliphatic carbocycles. The highest BCUT2D eigenvalue weighted by atomic mass is 16.6. The molecule has 0 aliphatic heterocycles. The molecule has 0 unspecified atom stereocenters. The lowest BCUT2D eigenvalue weighted by atomic mass is 10.2. The van der Waals surface area contributed by atoms with Crippen molar-refractivity contribution in [2.45, 2.75) is 20.8 Å². The molecule has 0 aliphatic rings. The minimum atomic E-state index is -0.625. The van der Waals surface area contributed by atoms with E-state index in [2.05, 4.69) is 25.6 Å². The fourth-order valence-electron chi connectivity index (χ4n) is 2.30. The van der Waals surface area contributed by atoms with E-state index in [-0.39, 0.29) is 5.88 Å². The maximum absolute atomic E-state index is 12.2. The molecule has 132 valence electrons. The maximum atomic E-state index is 12.2. The number of aryl methyl sites for hydroxylation is 3. The Labute approximate surface area is 151 Å². The zero-order valence-electron chi connectivity index (χ0n) is 14.8. The Morgan fingerprint density at radius 3 is 2.62 bits per heavy atom. The van der Waals surface area contributed by atoms with Gasteiger partial charge in [-0.1, -0.05) is 0 Å². The number of aromatic nitrogens is 3. The Bertz CT molecular complexity index is 943. The molecule has 0 fully saturated rings. The number of carbonyl (C=O) groups is 1. The second-order valence-corrected chi connectivity index (χ2v) is 5.82. The largest absolute Gasteiger partial charge is 0.418 e. The molecule has 7 nitrogen and oxygen atoms in total. The Morgan fingerprint density at radius 2 is 1.85 bits per heavy atom. The second kappa shape index (κ2) is 7.60. The first-order valence-corrected chi connectivity index (χ1v) is 8.08. The van der Waals surface area contributed by atoms with E-state index >= 15 is 0 Å². The Hall–Kier alpha value is -3.48. The lowest BCUT2D eigenvalue weighted by Gasteiger charge is -2.13. The Kier molecular flexibility index (Phi) is 5.07. The van der Waals surface area contributed by atoms with Crippen LogP contribution in [-0.2, 0) is 0 Å². The summed E-state index contributed by atoms with van der Waals surface area (Å²) in [6.07, 6.45) is 4.42. The van der Waals surface area contributed by atoms with Crippen LogP contribution in [0.1, 0.15) is 17.0 Å². The standard InChI is InChI=1S/C19H19N5O2/c1-12-6-8-20-11-17(12)24-16-5-4-13(2)22-18(16)26-19(25)23-15-7-9-21-14(3)10-15/h4-11,24H,1-3H3,(H,21,23,25). The quantitative estimate of drug-likeness (QED) is 0.735. The first-order chi connectivity index (χ1) is 12.5. The van der Waals surface area contributed by atoms with Crippen molar-refractivity contribution >= 4 is 23.2 Å². The molecule has 0 aromatic carbocycles. The van der Waals surface area contributed by atoms with Crippen molar-refractivity contribution in [2.24, 2.45) is 0 Å². The van der Waals surface area contributed by atoms with Crippen molar-refractivity contribution in [1.29, 1.82) is 0 Å². The first-order valence-electron chi connectivity index (χ1n) is 8.08. The van der Waals surface area contributed by atoms with Crippen LogP contribution in [0.15, 0.2) is 48.9 Å². The summed E-state index contributed by atoms with van der Waals surface area (Å²) in [4.78, 5) is 24.8. The van der Waals surface area contributed by atoms with Crippen LogP contribution in [0.25, 0.3) is 0 Å². The molecule has 7 heteroatoms. The molecule has 3 heterocycles. The number of nitrogens with one attached hydrogen (secondary N) is 2. The maximum Gasteiger partial charge on any atom is 0.418 e. The third-order valence-corrected chi connectivity index (χ3v) is 3.64. The summed E-state index contributed by atoms with van der Waals surface area (Å²) in [5.41, 5.74) is 4.55. The molecule has 0 saturated carbocycles. The zero-order chi connectivity index (χ0) is 18.5. The highest BCUT2D eigenvalue weighted by Crippen LogP contribution is 2.27. The molecular weight excluding hydrogens is 330 g/mol. The number of rotatable bonds is 4. The zero-order valence-corrected chi connectivity index (χ0v) is 14.8. The molecule has 0 spiro atoms. The number of pyridine rings is 3. The van der Waals surface area contributed by atoms with Crippen molar-refractivity contribution in [3.8, 4) is 5.88 Å². The Morgan fingerprint density at radius 1 is 1.00 bits per heavy atom. The van der Waals surface area contributed by atoms with Crippen molar-refractivity contribution < 1.29 is 9.53 Å². The highest BCUT2D eigenvalue weighted by Gasteiger charge is 2.13. The predicted octanol–water partition coefficient (Wildman–Crippen LogP) is 4.15. The average molecular weight is 349 g/mol. The van der Waals surface area contributed by atoms with Gasteiger partial charge in [-0.15, -0.1) is 0 Å².